The van der Waals surface area contributed by atoms with Crippen molar-refractivity contribution in [1.82, 2.24) is 14.7 Å². The number of pyridine rings is 1. The maximum atomic E-state index is 10.8. The zero-order valence-corrected chi connectivity index (χ0v) is 9.72. The molecule has 0 aliphatic carbocycles. The van der Waals surface area contributed by atoms with Crippen molar-refractivity contribution in [2.45, 2.75) is 11.4 Å². The average molecular weight is 249 g/mol. The van der Waals surface area contributed by atoms with Crippen LogP contribution >= 0.6 is 11.8 Å². The second-order valence-electron chi connectivity index (χ2n) is 3.90. The largest absolute Gasteiger partial charge is 0.480 e. The molecule has 3 rings (SSSR count). The summed E-state index contributed by atoms with van der Waals surface area (Å²) in [6.45, 7) is 0. The van der Waals surface area contributed by atoms with Gasteiger partial charge in [0.1, 0.15) is 11.7 Å². The second-order valence-corrected chi connectivity index (χ2v) is 5.04. The summed E-state index contributed by atoms with van der Waals surface area (Å²) in [6, 6.07) is 5.32. The standard InChI is InChI=1S/C11H11N3O2S/c15-11(16)8-6-17-10(13-8)7-5-14-4-2-1-3-9(14)12-7/h1-5,8,10,13H,6H2,(H,15,16). The number of thioether (sulfide) groups is 1. The van der Waals surface area contributed by atoms with Crippen LogP contribution < -0.4 is 5.32 Å². The van der Waals surface area contributed by atoms with Crippen molar-refractivity contribution in [3.05, 3.63) is 36.3 Å². The van der Waals surface area contributed by atoms with Crippen molar-refractivity contribution in [3.8, 4) is 0 Å². The topological polar surface area (TPSA) is 66.6 Å². The third-order valence-corrected chi connectivity index (χ3v) is 3.97. The highest BCUT2D eigenvalue weighted by Gasteiger charge is 2.31. The smallest absolute Gasteiger partial charge is 0.321 e. The third kappa shape index (κ3) is 1.89. The van der Waals surface area contributed by atoms with Crippen molar-refractivity contribution >= 4 is 23.4 Å². The molecule has 17 heavy (non-hydrogen) atoms. The fourth-order valence-corrected chi connectivity index (χ4v) is 3.03. The lowest BCUT2D eigenvalue weighted by molar-refractivity contribution is -0.138. The molecule has 2 aromatic heterocycles. The molecule has 6 heteroatoms. The van der Waals surface area contributed by atoms with E-state index in [0.29, 0.717) is 5.75 Å². The number of carbonyl (C=O) groups is 1. The van der Waals surface area contributed by atoms with E-state index >= 15 is 0 Å². The third-order valence-electron chi connectivity index (χ3n) is 2.73. The molecule has 2 unspecified atom stereocenters. The first-order valence-electron chi connectivity index (χ1n) is 5.28. The Morgan fingerprint density at radius 1 is 1.59 bits per heavy atom. The highest BCUT2D eigenvalue weighted by atomic mass is 32.2. The lowest BCUT2D eigenvalue weighted by Crippen LogP contribution is -2.33. The van der Waals surface area contributed by atoms with Crippen LogP contribution in [0.25, 0.3) is 5.65 Å². The van der Waals surface area contributed by atoms with Gasteiger partial charge in [0.25, 0.3) is 0 Å². The minimum Gasteiger partial charge on any atom is -0.480 e. The quantitative estimate of drug-likeness (QED) is 0.835. The van der Waals surface area contributed by atoms with Gasteiger partial charge in [0, 0.05) is 18.1 Å². The first kappa shape index (κ1) is 10.6. The highest BCUT2D eigenvalue weighted by molar-refractivity contribution is 7.99. The number of fused-ring (bicyclic) bond motifs is 1. The predicted molar refractivity (Wildman–Crippen MR) is 65.0 cm³/mol. The molecule has 0 aromatic carbocycles. The van der Waals surface area contributed by atoms with Gasteiger partial charge in [-0.1, -0.05) is 6.07 Å². The first-order chi connectivity index (χ1) is 8.24. The Hall–Kier alpha value is -1.53. The molecule has 3 heterocycles. The molecular weight excluding hydrogens is 238 g/mol. The Kier molecular flexibility index (Phi) is 2.53. The van der Waals surface area contributed by atoms with Crippen LogP contribution in [0, 0.1) is 0 Å². The van der Waals surface area contributed by atoms with Gasteiger partial charge in [0.2, 0.25) is 0 Å². The zero-order chi connectivity index (χ0) is 11.8. The van der Waals surface area contributed by atoms with Gasteiger partial charge in [0.15, 0.2) is 0 Å². The normalized spacial score (nSPS) is 24.2. The van der Waals surface area contributed by atoms with Crippen LogP contribution in [-0.2, 0) is 4.79 Å². The molecule has 1 aliphatic heterocycles. The number of imidazole rings is 1. The van der Waals surface area contributed by atoms with Gasteiger partial charge in [-0.25, -0.2) is 4.98 Å². The summed E-state index contributed by atoms with van der Waals surface area (Å²) in [5.41, 5.74) is 1.76. The van der Waals surface area contributed by atoms with Crippen LogP contribution in [0.3, 0.4) is 0 Å². The van der Waals surface area contributed by atoms with Crippen LogP contribution in [0.2, 0.25) is 0 Å². The fourth-order valence-electron chi connectivity index (χ4n) is 1.87. The van der Waals surface area contributed by atoms with E-state index in [2.05, 4.69) is 10.3 Å². The molecule has 0 amide bonds. The van der Waals surface area contributed by atoms with Crippen LogP contribution in [0.5, 0.6) is 0 Å². The van der Waals surface area contributed by atoms with Crippen molar-refractivity contribution in [2.75, 3.05) is 5.75 Å². The summed E-state index contributed by atoms with van der Waals surface area (Å²) in [5, 5.41) is 11.9. The van der Waals surface area contributed by atoms with Gasteiger partial charge in [-0.05, 0) is 12.1 Å². The molecule has 0 saturated carbocycles. The Labute approximate surface area is 102 Å². The number of carboxylic acid groups (broad SMARTS) is 1. The minimum absolute atomic E-state index is 0.0315. The number of nitrogens with one attached hydrogen (secondary N) is 1. The number of hydrogen-bond acceptors (Lipinski definition) is 4. The lowest BCUT2D eigenvalue weighted by atomic mass is 10.3. The van der Waals surface area contributed by atoms with E-state index in [0.717, 1.165) is 11.3 Å². The van der Waals surface area contributed by atoms with Crippen molar-refractivity contribution < 1.29 is 9.90 Å². The molecule has 1 fully saturated rings. The van der Waals surface area contributed by atoms with E-state index < -0.39 is 12.0 Å². The van der Waals surface area contributed by atoms with Crippen LogP contribution in [0.15, 0.2) is 30.6 Å². The van der Waals surface area contributed by atoms with Crippen LogP contribution in [-0.4, -0.2) is 32.3 Å². The maximum Gasteiger partial charge on any atom is 0.321 e. The van der Waals surface area contributed by atoms with E-state index in [1.165, 1.54) is 0 Å². The molecule has 0 radical (unpaired) electrons. The Morgan fingerprint density at radius 3 is 3.18 bits per heavy atom. The molecule has 1 aliphatic rings. The van der Waals surface area contributed by atoms with E-state index in [9.17, 15) is 4.79 Å². The number of aromatic nitrogens is 2. The number of rotatable bonds is 2. The van der Waals surface area contributed by atoms with Crippen molar-refractivity contribution in [1.29, 1.82) is 0 Å². The lowest BCUT2D eigenvalue weighted by Gasteiger charge is -2.06. The molecule has 5 nitrogen and oxygen atoms in total. The first-order valence-corrected chi connectivity index (χ1v) is 6.33. The second kappa shape index (κ2) is 4.05. The molecule has 0 spiro atoms. The summed E-state index contributed by atoms with van der Waals surface area (Å²) in [5.74, 6) is -0.225. The number of nitrogens with zero attached hydrogens (tertiary/aromatic N) is 2. The number of hydrogen-bond donors (Lipinski definition) is 2. The summed E-state index contributed by atoms with van der Waals surface area (Å²) in [4.78, 5) is 15.3. The SMILES string of the molecule is O=C(O)C1CSC(c2cn3ccccc3n2)N1. The predicted octanol–water partition coefficient (Wildman–Crippen LogP) is 1.12. The van der Waals surface area contributed by atoms with Gasteiger partial charge >= 0.3 is 5.97 Å². The van der Waals surface area contributed by atoms with Gasteiger partial charge in [0.05, 0.1) is 11.1 Å². The van der Waals surface area contributed by atoms with Crippen LogP contribution in [0.4, 0.5) is 0 Å². The number of carboxylic acids is 1. The Morgan fingerprint density at radius 2 is 2.47 bits per heavy atom. The van der Waals surface area contributed by atoms with E-state index in [1.54, 1.807) is 11.8 Å². The van der Waals surface area contributed by atoms with Gasteiger partial charge in [-0.3, -0.25) is 10.1 Å². The monoisotopic (exact) mass is 249 g/mol. The zero-order valence-electron chi connectivity index (χ0n) is 8.91. The molecule has 2 N–H and O–H groups in total. The molecule has 2 atom stereocenters. The summed E-state index contributed by atoms with van der Waals surface area (Å²) in [6.07, 6.45) is 3.87. The molecule has 2 aromatic rings. The van der Waals surface area contributed by atoms with E-state index in [4.69, 9.17) is 5.11 Å². The van der Waals surface area contributed by atoms with Crippen molar-refractivity contribution in [3.63, 3.8) is 0 Å². The summed E-state index contributed by atoms with van der Waals surface area (Å²) >= 11 is 1.58. The summed E-state index contributed by atoms with van der Waals surface area (Å²) in [7, 11) is 0. The van der Waals surface area contributed by atoms with Gasteiger partial charge in [-0.15, -0.1) is 11.8 Å². The van der Waals surface area contributed by atoms with Gasteiger partial charge in [-0.2, -0.15) is 0 Å². The van der Waals surface area contributed by atoms with Crippen LogP contribution in [0.1, 0.15) is 11.1 Å². The van der Waals surface area contributed by atoms with Crippen molar-refractivity contribution in [2.24, 2.45) is 0 Å². The molecular formula is C11H11N3O2S. The minimum atomic E-state index is -0.802. The number of aliphatic carboxylic acids is 1. The van der Waals surface area contributed by atoms with E-state index in [1.807, 2.05) is 35.0 Å². The maximum absolute atomic E-state index is 10.8. The van der Waals surface area contributed by atoms with Gasteiger partial charge < -0.3 is 9.51 Å². The molecule has 0 bridgehead atoms. The average Bonchev–Trinajstić information content (AvgIpc) is 2.95. The fraction of sp³-hybridized carbons (Fsp3) is 0.273. The van der Waals surface area contributed by atoms with E-state index in [-0.39, 0.29) is 5.37 Å². The molecule has 88 valence electrons. The summed E-state index contributed by atoms with van der Waals surface area (Å²) < 4.78 is 1.94. The highest BCUT2D eigenvalue weighted by Crippen LogP contribution is 2.32. The molecule has 1 saturated heterocycles. The Balaban J connectivity index is 1.87. The Bertz CT molecular complexity index is 536.